The van der Waals surface area contributed by atoms with E-state index in [4.69, 9.17) is 9.84 Å². The first-order valence-electron chi connectivity index (χ1n) is 3.82. The van der Waals surface area contributed by atoms with Gasteiger partial charge in [0.15, 0.2) is 6.10 Å². The van der Waals surface area contributed by atoms with E-state index in [1.807, 2.05) is 24.3 Å². The van der Waals surface area contributed by atoms with Crippen LogP contribution in [0.2, 0.25) is 0 Å². The number of benzene rings is 1. The molecule has 0 saturated carbocycles. The van der Waals surface area contributed by atoms with Crippen LogP contribution in [-0.4, -0.2) is 17.2 Å². The zero-order chi connectivity index (χ0) is 9.42. The van der Waals surface area contributed by atoms with Crippen molar-refractivity contribution in [1.29, 1.82) is 0 Å². The fourth-order valence-electron chi connectivity index (χ4n) is 1.24. The molecule has 0 amide bonds. The van der Waals surface area contributed by atoms with E-state index in [-0.39, 0.29) is 58.9 Å². The van der Waals surface area contributed by atoms with Crippen LogP contribution in [0.15, 0.2) is 28.7 Å². The fourth-order valence-corrected chi connectivity index (χ4v) is 1.65. The van der Waals surface area contributed by atoms with Gasteiger partial charge in [0, 0.05) is 4.47 Å². The van der Waals surface area contributed by atoms with Crippen molar-refractivity contribution < 1.29 is 67.4 Å². The van der Waals surface area contributed by atoms with Crippen molar-refractivity contribution >= 4 is 21.9 Å². The second-order valence-electron chi connectivity index (χ2n) is 2.87. The summed E-state index contributed by atoms with van der Waals surface area (Å²) in [6.45, 7) is 0. The fraction of sp³-hybridized carbons (Fsp3) is 0.222. The molecule has 1 aromatic carbocycles. The van der Waals surface area contributed by atoms with Crippen LogP contribution < -0.4 is 51.4 Å². The van der Waals surface area contributed by atoms with Crippen LogP contribution in [0.4, 0.5) is 0 Å². The van der Waals surface area contributed by atoms with Gasteiger partial charge in [0.1, 0.15) is 6.10 Å². The summed E-state index contributed by atoms with van der Waals surface area (Å²) in [5.41, 5.74) is 0.904. The summed E-state index contributed by atoms with van der Waals surface area (Å²) in [5.74, 6) is -0.898. The van der Waals surface area contributed by atoms with Crippen LogP contribution in [-0.2, 0) is 9.53 Å². The Labute approximate surface area is 134 Å². The minimum Gasteiger partial charge on any atom is -1.00 e. The molecule has 3 nitrogen and oxygen atoms in total. The second kappa shape index (κ2) is 5.20. The monoisotopic (exact) mass is 282 g/mol. The Bertz CT molecular complexity index is 361. The maximum absolute atomic E-state index is 10.5. The average molecular weight is 283 g/mol. The zero-order valence-electron chi connectivity index (χ0n) is 8.61. The molecule has 1 aliphatic heterocycles. The normalized spacial score (nSPS) is 23.8. The van der Waals surface area contributed by atoms with Crippen molar-refractivity contribution in [2.75, 3.05) is 0 Å². The summed E-state index contributed by atoms with van der Waals surface area (Å²) in [7, 11) is 0. The first kappa shape index (κ1) is 12.8. The third kappa shape index (κ3) is 2.88. The third-order valence-corrected chi connectivity index (χ3v) is 2.41. The number of hydrogen-bond acceptors (Lipinski definition) is 2. The van der Waals surface area contributed by atoms with Crippen LogP contribution in [0, 0.1) is 0 Å². The number of rotatable bonds is 2. The molecule has 70 valence electrons. The van der Waals surface area contributed by atoms with Gasteiger partial charge in [0.25, 0.3) is 0 Å². The van der Waals surface area contributed by atoms with Gasteiger partial charge in [-0.05, 0) is 17.7 Å². The molecule has 5 heteroatoms. The second-order valence-corrected chi connectivity index (χ2v) is 3.79. The van der Waals surface area contributed by atoms with E-state index in [1.54, 1.807) is 0 Å². The molecule has 1 N–H and O–H groups in total. The van der Waals surface area contributed by atoms with Crippen LogP contribution in [0.25, 0.3) is 0 Å². The van der Waals surface area contributed by atoms with Crippen LogP contribution in [0.3, 0.4) is 0 Å². The zero-order valence-corrected chi connectivity index (χ0v) is 12.3. The Morgan fingerprint density at radius 2 is 2.29 bits per heavy atom. The Hall–Kier alpha value is 0.766. The Morgan fingerprint density at radius 3 is 2.79 bits per heavy atom. The number of ether oxygens (including phenoxy) is 1. The van der Waals surface area contributed by atoms with Crippen molar-refractivity contribution in [3.63, 3.8) is 0 Å². The number of hydrogen-bond donors (Lipinski definition) is 1. The van der Waals surface area contributed by atoms with Crippen LogP contribution >= 0.6 is 15.9 Å². The minimum atomic E-state index is -0.898. The predicted molar refractivity (Wildman–Crippen MR) is 50.5 cm³/mol. The van der Waals surface area contributed by atoms with Gasteiger partial charge in [0.05, 0.1) is 0 Å². The van der Waals surface area contributed by atoms with E-state index in [1.165, 1.54) is 0 Å². The molecule has 2 unspecified atom stereocenters. The summed E-state index contributed by atoms with van der Waals surface area (Å²) in [6.07, 6.45) is -0.927. The van der Waals surface area contributed by atoms with Gasteiger partial charge in [-0.15, -0.1) is 0 Å². The molecular formula is C9H8BrKO3. The van der Waals surface area contributed by atoms with Gasteiger partial charge in [-0.3, -0.25) is 0 Å². The number of halogens is 1. The third-order valence-electron chi connectivity index (χ3n) is 1.91. The number of carboxylic acids is 1. The van der Waals surface area contributed by atoms with E-state index in [9.17, 15) is 4.79 Å². The molecule has 2 atom stereocenters. The predicted octanol–water partition coefficient (Wildman–Crippen LogP) is -0.910. The largest absolute Gasteiger partial charge is 1.00 e. The quantitative estimate of drug-likeness (QED) is 0.565. The molecule has 1 aromatic rings. The molecule has 2 rings (SSSR count). The van der Waals surface area contributed by atoms with Crippen molar-refractivity contribution in [2.45, 2.75) is 12.2 Å². The number of carbonyl (C=O) groups is 1. The minimum absolute atomic E-state index is 0. The van der Waals surface area contributed by atoms with Gasteiger partial charge < -0.3 is 11.3 Å². The molecule has 0 spiro atoms. The molecule has 1 fully saturated rings. The Morgan fingerprint density at radius 1 is 1.57 bits per heavy atom. The molecule has 1 aliphatic rings. The van der Waals surface area contributed by atoms with Gasteiger partial charge in [-0.2, -0.15) is 0 Å². The summed E-state index contributed by atoms with van der Waals surface area (Å²) in [6, 6.07) is 7.48. The van der Waals surface area contributed by atoms with E-state index < -0.39 is 12.1 Å². The van der Waals surface area contributed by atoms with E-state index >= 15 is 0 Å². The van der Waals surface area contributed by atoms with E-state index in [0.717, 1.165) is 10.0 Å². The number of carboxylic acid groups (broad SMARTS) is 1. The number of epoxide rings is 1. The standard InChI is InChI=1S/C9H7BrO3.K.H/c10-6-3-1-2-5(4-6)7-8(13-7)9(11)12;;/h1-4,7-8H,(H,11,12);;/q;+1;-1. The van der Waals surface area contributed by atoms with Crippen molar-refractivity contribution in [2.24, 2.45) is 0 Å². The van der Waals surface area contributed by atoms with Crippen LogP contribution in [0.5, 0.6) is 0 Å². The molecule has 14 heavy (non-hydrogen) atoms. The van der Waals surface area contributed by atoms with Crippen molar-refractivity contribution in [1.82, 2.24) is 0 Å². The Balaban J connectivity index is 0.000000980. The molecule has 0 radical (unpaired) electrons. The molecule has 0 aromatic heterocycles. The maximum atomic E-state index is 10.5. The van der Waals surface area contributed by atoms with Crippen LogP contribution in [0.1, 0.15) is 13.1 Å². The summed E-state index contributed by atoms with van der Waals surface area (Å²) < 4.78 is 5.93. The van der Waals surface area contributed by atoms with E-state index in [2.05, 4.69) is 15.9 Å². The Kier molecular flexibility index (Phi) is 4.77. The summed E-state index contributed by atoms with van der Waals surface area (Å²) in [5, 5.41) is 8.62. The topological polar surface area (TPSA) is 49.8 Å². The SMILES string of the molecule is O=C(O)C1OC1c1cccc(Br)c1.[H-].[K+]. The smallest absolute Gasteiger partial charge is 1.00 e. The van der Waals surface area contributed by atoms with Crippen molar-refractivity contribution in [3.05, 3.63) is 34.3 Å². The first-order valence-corrected chi connectivity index (χ1v) is 4.61. The molecule has 1 heterocycles. The van der Waals surface area contributed by atoms with Crippen molar-refractivity contribution in [3.8, 4) is 0 Å². The summed E-state index contributed by atoms with van der Waals surface area (Å²) >= 11 is 3.31. The van der Waals surface area contributed by atoms with E-state index in [0.29, 0.717) is 0 Å². The van der Waals surface area contributed by atoms with Gasteiger partial charge >= 0.3 is 57.4 Å². The molecule has 1 saturated heterocycles. The number of aliphatic carboxylic acids is 1. The maximum Gasteiger partial charge on any atom is 1.00 e. The van der Waals surface area contributed by atoms with Gasteiger partial charge in [0.2, 0.25) is 0 Å². The average Bonchev–Trinajstić information content (AvgIpc) is 2.82. The molecular weight excluding hydrogens is 275 g/mol. The summed E-state index contributed by atoms with van der Waals surface area (Å²) in [4.78, 5) is 10.5. The van der Waals surface area contributed by atoms with Gasteiger partial charge in [-0.25, -0.2) is 4.79 Å². The first-order chi connectivity index (χ1) is 6.18. The molecule has 0 aliphatic carbocycles. The van der Waals surface area contributed by atoms with Gasteiger partial charge in [-0.1, -0.05) is 28.1 Å². The molecule has 0 bridgehead atoms.